The van der Waals surface area contributed by atoms with Crippen LogP contribution in [0.4, 0.5) is 0 Å². The van der Waals surface area contributed by atoms with Gasteiger partial charge in [-0.3, -0.25) is 4.68 Å². The maximum atomic E-state index is 4.78. The Morgan fingerprint density at radius 1 is 1.35 bits per heavy atom. The van der Waals surface area contributed by atoms with Crippen molar-refractivity contribution in [2.24, 2.45) is 7.05 Å². The summed E-state index contributed by atoms with van der Waals surface area (Å²) in [5.74, 6) is 0.516. The highest BCUT2D eigenvalue weighted by Gasteiger charge is 2.24. The van der Waals surface area contributed by atoms with Gasteiger partial charge in [-0.2, -0.15) is 5.10 Å². The summed E-state index contributed by atoms with van der Waals surface area (Å²) < 4.78 is 3.17. The highest BCUT2D eigenvalue weighted by Crippen LogP contribution is 2.37. The minimum Gasteiger partial charge on any atom is -0.316 e. The lowest BCUT2D eigenvalue weighted by Gasteiger charge is -2.21. The molecule has 1 fully saturated rings. The number of aryl methyl sites for hydroxylation is 2. The molecule has 1 aliphatic rings. The largest absolute Gasteiger partial charge is 0.316 e. The molecule has 1 aromatic carbocycles. The number of benzene rings is 1. The van der Waals surface area contributed by atoms with Gasteiger partial charge in [0, 0.05) is 25.1 Å². The van der Waals surface area contributed by atoms with Gasteiger partial charge >= 0.3 is 0 Å². The number of rotatable bonds is 2. The second-order valence-electron chi connectivity index (χ2n) is 5.53. The Balaban J connectivity index is 2.05. The first-order chi connectivity index (χ1) is 9.68. The van der Waals surface area contributed by atoms with Crippen LogP contribution in [0.5, 0.6) is 0 Å². The van der Waals surface area contributed by atoms with Crippen LogP contribution < -0.4 is 5.32 Å². The molecule has 1 unspecified atom stereocenters. The van der Waals surface area contributed by atoms with Crippen molar-refractivity contribution < 1.29 is 0 Å². The third-order valence-electron chi connectivity index (χ3n) is 4.10. The standard InChI is InChI=1S/C16H20BrN3/c1-11-6-3-4-8-13(11)16-14(17)15(19-20(16)2)12-7-5-9-18-10-12/h3-4,6,8,12,18H,5,7,9-10H2,1-2H3. The number of aromatic nitrogens is 2. The summed E-state index contributed by atoms with van der Waals surface area (Å²) in [5.41, 5.74) is 4.91. The molecule has 0 spiro atoms. The molecule has 0 radical (unpaired) electrons. The van der Waals surface area contributed by atoms with E-state index in [1.165, 1.54) is 35.4 Å². The van der Waals surface area contributed by atoms with Crippen LogP contribution in [-0.2, 0) is 7.05 Å². The Hall–Kier alpha value is -1.13. The molecule has 1 aromatic heterocycles. The molecule has 106 valence electrons. The number of piperidine rings is 1. The number of hydrogen-bond acceptors (Lipinski definition) is 2. The molecule has 20 heavy (non-hydrogen) atoms. The van der Waals surface area contributed by atoms with Crippen molar-refractivity contribution >= 4 is 15.9 Å². The summed E-state index contributed by atoms with van der Waals surface area (Å²) in [4.78, 5) is 0. The van der Waals surface area contributed by atoms with E-state index in [-0.39, 0.29) is 0 Å². The van der Waals surface area contributed by atoms with E-state index in [2.05, 4.69) is 52.4 Å². The Labute approximate surface area is 128 Å². The van der Waals surface area contributed by atoms with E-state index in [1.807, 2.05) is 11.7 Å². The highest BCUT2D eigenvalue weighted by atomic mass is 79.9. The van der Waals surface area contributed by atoms with Crippen LogP contribution >= 0.6 is 15.9 Å². The minimum absolute atomic E-state index is 0.516. The first-order valence-electron chi connectivity index (χ1n) is 7.17. The van der Waals surface area contributed by atoms with Crippen LogP contribution in [0.3, 0.4) is 0 Å². The molecule has 0 bridgehead atoms. The zero-order valence-electron chi connectivity index (χ0n) is 12.0. The van der Waals surface area contributed by atoms with E-state index in [4.69, 9.17) is 5.10 Å². The molecular formula is C16H20BrN3. The van der Waals surface area contributed by atoms with Gasteiger partial charge in [0.1, 0.15) is 0 Å². The van der Waals surface area contributed by atoms with Crippen LogP contribution in [0, 0.1) is 6.92 Å². The van der Waals surface area contributed by atoms with Crippen molar-refractivity contribution in [3.63, 3.8) is 0 Å². The van der Waals surface area contributed by atoms with Crippen molar-refractivity contribution in [2.75, 3.05) is 13.1 Å². The van der Waals surface area contributed by atoms with Crippen LogP contribution in [0.15, 0.2) is 28.7 Å². The molecule has 3 rings (SSSR count). The SMILES string of the molecule is Cc1ccccc1-c1c(Br)c(C2CCCNC2)nn1C. The van der Waals surface area contributed by atoms with Crippen LogP contribution in [0.1, 0.15) is 30.0 Å². The van der Waals surface area contributed by atoms with Gasteiger partial charge in [0.05, 0.1) is 15.9 Å². The van der Waals surface area contributed by atoms with Gasteiger partial charge < -0.3 is 5.32 Å². The molecule has 0 aliphatic carbocycles. The summed E-state index contributed by atoms with van der Waals surface area (Å²) in [5, 5.41) is 8.25. The fourth-order valence-corrected chi connectivity index (χ4v) is 3.87. The smallest absolute Gasteiger partial charge is 0.0826 e. The fourth-order valence-electron chi connectivity index (χ4n) is 3.00. The summed E-state index contributed by atoms with van der Waals surface area (Å²) in [6.07, 6.45) is 2.45. The average molecular weight is 334 g/mol. The van der Waals surface area contributed by atoms with Gasteiger partial charge in [-0.25, -0.2) is 0 Å². The second kappa shape index (κ2) is 5.70. The molecule has 0 saturated carbocycles. The van der Waals surface area contributed by atoms with Gasteiger partial charge in [0.25, 0.3) is 0 Å². The second-order valence-corrected chi connectivity index (χ2v) is 6.32. The minimum atomic E-state index is 0.516. The Kier molecular flexibility index (Phi) is 3.94. The van der Waals surface area contributed by atoms with Gasteiger partial charge in [-0.05, 0) is 47.8 Å². The van der Waals surface area contributed by atoms with Crippen molar-refractivity contribution in [3.05, 3.63) is 40.0 Å². The van der Waals surface area contributed by atoms with Crippen LogP contribution in [0.25, 0.3) is 11.3 Å². The molecular weight excluding hydrogens is 314 g/mol. The van der Waals surface area contributed by atoms with E-state index in [0.717, 1.165) is 17.6 Å². The summed E-state index contributed by atoms with van der Waals surface area (Å²) in [6.45, 7) is 4.31. The van der Waals surface area contributed by atoms with Gasteiger partial charge in [-0.15, -0.1) is 0 Å². The molecule has 2 aromatic rings. The summed E-state index contributed by atoms with van der Waals surface area (Å²) in [7, 11) is 2.03. The molecule has 1 saturated heterocycles. The van der Waals surface area contributed by atoms with E-state index >= 15 is 0 Å². The zero-order chi connectivity index (χ0) is 14.1. The Morgan fingerprint density at radius 3 is 2.85 bits per heavy atom. The molecule has 1 N–H and O–H groups in total. The van der Waals surface area contributed by atoms with E-state index in [0.29, 0.717) is 5.92 Å². The maximum Gasteiger partial charge on any atom is 0.0826 e. The predicted octanol–water partition coefficient (Wildman–Crippen LogP) is 3.63. The first kappa shape index (κ1) is 13.8. The lowest BCUT2D eigenvalue weighted by atomic mass is 9.95. The highest BCUT2D eigenvalue weighted by molar-refractivity contribution is 9.10. The molecule has 3 nitrogen and oxygen atoms in total. The lowest BCUT2D eigenvalue weighted by molar-refractivity contribution is 0.450. The van der Waals surface area contributed by atoms with Gasteiger partial charge in [0.2, 0.25) is 0 Å². The summed E-state index contributed by atoms with van der Waals surface area (Å²) >= 11 is 3.80. The third kappa shape index (κ3) is 2.42. The Morgan fingerprint density at radius 2 is 2.15 bits per heavy atom. The quantitative estimate of drug-likeness (QED) is 0.909. The number of nitrogens with one attached hydrogen (secondary N) is 1. The normalized spacial score (nSPS) is 19.2. The van der Waals surface area contributed by atoms with Crippen molar-refractivity contribution in [2.45, 2.75) is 25.7 Å². The summed E-state index contributed by atoms with van der Waals surface area (Å²) in [6, 6.07) is 8.48. The van der Waals surface area contributed by atoms with Crippen LogP contribution in [0.2, 0.25) is 0 Å². The van der Waals surface area contributed by atoms with E-state index in [1.54, 1.807) is 0 Å². The van der Waals surface area contributed by atoms with Gasteiger partial charge in [0.15, 0.2) is 0 Å². The molecule has 2 heterocycles. The average Bonchev–Trinajstić information content (AvgIpc) is 2.76. The zero-order valence-corrected chi connectivity index (χ0v) is 13.6. The monoisotopic (exact) mass is 333 g/mol. The number of nitrogens with zero attached hydrogens (tertiary/aromatic N) is 2. The van der Waals surface area contributed by atoms with Crippen molar-refractivity contribution in [1.82, 2.24) is 15.1 Å². The van der Waals surface area contributed by atoms with Crippen molar-refractivity contribution in [3.8, 4) is 11.3 Å². The lowest BCUT2D eigenvalue weighted by Crippen LogP contribution is -2.28. The maximum absolute atomic E-state index is 4.78. The molecule has 1 aliphatic heterocycles. The first-order valence-corrected chi connectivity index (χ1v) is 7.97. The fraction of sp³-hybridized carbons (Fsp3) is 0.438. The molecule has 4 heteroatoms. The van der Waals surface area contributed by atoms with Crippen LogP contribution in [-0.4, -0.2) is 22.9 Å². The van der Waals surface area contributed by atoms with Crippen molar-refractivity contribution in [1.29, 1.82) is 0 Å². The predicted molar refractivity (Wildman–Crippen MR) is 85.9 cm³/mol. The number of hydrogen-bond donors (Lipinski definition) is 1. The van der Waals surface area contributed by atoms with Gasteiger partial charge in [-0.1, -0.05) is 24.3 Å². The van der Waals surface area contributed by atoms with E-state index in [9.17, 15) is 0 Å². The molecule has 1 atom stereocenters. The number of halogens is 1. The Bertz CT molecular complexity index is 612. The third-order valence-corrected chi connectivity index (χ3v) is 4.88. The van der Waals surface area contributed by atoms with E-state index < -0.39 is 0 Å². The molecule has 0 amide bonds. The topological polar surface area (TPSA) is 29.9 Å².